The topological polar surface area (TPSA) is 50.9 Å². The van der Waals surface area contributed by atoms with Gasteiger partial charge < -0.3 is 9.67 Å². The molecule has 0 unspecified atom stereocenters. The Morgan fingerprint density at radius 1 is 1.32 bits per heavy atom. The molecule has 0 aliphatic heterocycles. The van der Waals surface area contributed by atoms with E-state index in [4.69, 9.17) is 11.6 Å². The van der Waals surface area contributed by atoms with Crippen molar-refractivity contribution in [1.82, 2.24) is 14.5 Å². The number of benzene rings is 1. The summed E-state index contributed by atoms with van der Waals surface area (Å²) in [5, 5.41) is 10.9. The lowest BCUT2D eigenvalue weighted by Crippen LogP contribution is -2.29. The molecule has 4 nitrogen and oxygen atoms in total. The highest BCUT2D eigenvalue weighted by Gasteiger charge is 2.23. The average molecular weight is 276 g/mol. The van der Waals surface area contributed by atoms with Crippen LogP contribution in [-0.4, -0.2) is 26.2 Å². The minimum absolute atomic E-state index is 0.0206. The second-order valence-corrected chi connectivity index (χ2v) is 5.56. The fourth-order valence-electron chi connectivity index (χ4n) is 2.22. The Bertz CT molecular complexity index is 764. The van der Waals surface area contributed by atoms with Gasteiger partial charge in [-0.2, -0.15) is 0 Å². The summed E-state index contributed by atoms with van der Waals surface area (Å²) < 4.78 is 1.96. The number of hydrogen-bond donors (Lipinski definition) is 1. The van der Waals surface area contributed by atoms with Gasteiger partial charge in [0.2, 0.25) is 0 Å². The number of aromatic nitrogens is 3. The number of aliphatic hydroxyl groups is 1. The molecular weight excluding hydrogens is 262 g/mol. The summed E-state index contributed by atoms with van der Waals surface area (Å²) in [7, 11) is 0. The van der Waals surface area contributed by atoms with Crippen LogP contribution in [-0.2, 0) is 5.54 Å². The van der Waals surface area contributed by atoms with Crippen LogP contribution in [0.4, 0.5) is 0 Å². The van der Waals surface area contributed by atoms with Gasteiger partial charge in [0.05, 0.1) is 29.5 Å². The van der Waals surface area contributed by atoms with E-state index in [-0.39, 0.29) is 6.61 Å². The van der Waals surface area contributed by atoms with Crippen molar-refractivity contribution >= 4 is 33.5 Å². The van der Waals surface area contributed by atoms with Gasteiger partial charge >= 0.3 is 0 Å². The molecule has 0 radical (unpaired) electrons. The number of imidazole rings is 1. The van der Waals surface area contributed by atoms with Gasteiger partial charge in [-0.1, -0.05) is 29.8 Å². The summed E-state index contributed by atoms with van der Waals surface area (Å²) in [4.78, 5) is 8.69. The van der Waals surface area contributed by atoms with Gasteiger partial charge in [-0.3, -0.25) is 0 Å². The standard InChI is InChI=1S/C14H14ClN3O/c1-14(2,7-19)18-8-16-11-12(18)9-5-3-4-6-10(9)17-13(11)15/h3-6,8,19H,7H2,1-2H3. The molecule has 98 valence electrons. The molecule has 0 aliphatic carbocycles. The van der Waals surface area contributed by atoms with Crippen LogP contribution in [0, 0.1) is 0 Å². The summed E-state index contributed by atoms with van der Waals surface area (Å²) in [5.41, 5.74) is 1.97. The second-order valence-electron chi connectivity index (χ2n) is 5.20. The third kappa shape index (κ3) is 1.79. The van der Waals surface area contributed by atoms with E-state index in [0.717, 1.165) is 16.4 Å². The van der Waals surface area contributed by atoms with Gasteiger partial charge in [-0.15, -0.1) is 0 Å². The number of nitrogens with zero attached hydrogens (tertiary/aromatic N) is 3. The third-order valence-corrected chi connectivity index (χ3v) is 3.64. The molecule has 0 atom stereocenters. The molecule has 2 heterocycles. The molecule has 19 heavy (non-hydrogen) atoms. The van der Waals surface area contributed by atoms with Gasteiger partial charge in [-0.05, 0) is 19.9 Å². The minimum atomic E-state index is -0.442. The Labute approximate surface area is 115 Å². The normalized spacial score (nSPS) is 12.4. The first-order valence-corrected chi connectivity index (χ1v) is 6.45. The number of pyridine rings is 1. The molecule has 0 fully saturated rings. The number of para-hydroxylation sites is 1. The molecule has 0 saturated heterocycles. The molecule has 0 aliphatic rings. The summed E-state index contributed by atoms with van der Waals surface area (Å²) in [6, 6.07) is 7.80. The van der Waals surface area contributed by atoms with Crippen molar-refractivity contribution in [3.05, 3.63) is 35.7 Å². The quantitative estimate of drug-likeness (QED) is 0.732. The summed E-state index contributed by atoms with van der Waals surface area (Å²) >= 11 is 6.19. The fraction of sp³-hybridized carbons (Fsp3) is 0.286. The van der Waals surface area contributed by atoms with E-state index in [1.54, 1.807) is 6.33 Å². The molecule has 0 amide bonds. The summed E-state index contributed by atoms with van der Waals surface area (Å²) in [6.45, 7) is 3.93. The van der Waals surface area contributed by atoms with E-state index < -0.39 is 5.54 Å². The number of rotatable bonds is 2. The Hall–Kier alpha value is -1.65. The number of fused-ring (bicyclic) bond motifs is 3. The van der Waals surface area contributed by atoms with Crippen molar-refractivity contribution in [1.29, 1.82) is 0 Å². The first-order chi connectivity index (χ1) is 9.04. The van der Waals surface area contributed by atoms with Crippen molar-refractivity contribution in [3.8, 4) is 0 Å². The number of aliphatic hydroxyl groups excluding tert-OH is 1. The van der Waals surface area contributed by atoms with E-state index in [2.05, 4.69) is 9.97 Å². The van der Waals surface area contributed by atoms with Crippen LogP contribution in [0.1, 0.15) is 13.8 Å². The molecular formula is C14H14ClN3O. The Morgan fingerprint density at radius 3 is 2.79 bits per heavy atom. The maximum atomic E-state index is 9.57. The van der Waals surface area contributed by atoms with Crippen molar-refractivity contribution in [2.24, 2.45) is 0 Å². The second kappa shape index (κ2) is 4.18. The lowest BCUT2D eigenvalue weighted by Gasteiger charge is -2.25. The van der Waals surface area contributed by atoms with Crippen LogP contribution in [0.5, 0.6) is 0 Å². The van der Waals surface area contributed by atoms with Crippen molar-refractivity contribution in [2.75, 3.05) is 6.61 Å². The molecule has 0 spiro atoms. The zero-order valence-corrected chi connectivity index (χ0v) is 11.5. The van der Waals surface area contributed by atoms with Crippen molar-refractivity contribution in [2.45, 2.75) is 19.4 Å². The van der Waals surface area contributed by atoms with E-state index in [1.807, 2.05) is 42.7 Å². The van der Waals surface area contributed by atoms with E-state index in [0.29, 0.717) is 10.7 Å². The molecule has 3 aromatic rings. The minimum Gasteiger partial charge on any atom is -0.394 e. The van der Waals surface area contributed by atoms with E-state index in [9.17, 15) is 5.11 Å². The van der Waals surface area contributed by atoms with Gasteiger partial charge in [0.1, 0.15) is 5.52 Å². The lowest BCUT2D eigenvalue weighted by atomic mass is 10.1. The maximum absolute atomic E-state index is 9.57. The van der Waals surface area contributed by atoms with Gasteiger partial charge in [0.25, 0.3) is 0 Å². The van der Waals surface area contributed by atoms with Gasteiger partial charge in [0, 0.05) is 5.39 Å². The molecule has 0 saturated carbocycles. The molecule has 1 N–H and O–H groups in total. The fourth-order valence-corrected chi connectivity index (χ4v) is 2.45. The van der Waals surface area contributed by atoms with Crippen molar-refractivity contribution < 1.29 is 5.11 Å². The predicted molar refractivity (Wildman–Crippen MR) is 76.5 cm³/mol. The highest BCUT2D eigenvalue weighted by Crippen LogP contribution is 2.31. The Morgan fingerprint density at radius 2 is 2.05 bits per heavy atom. The van der Waals surface area contributed by atoms with Gasteiger partial charge in [-0.25, -0.2) is 9.97 Å². The third-order valence-electron chi connectivity index (χ3n) is 3.38. The molecule has 1 aromatic carbocycles. The SMILES string of the molecule is CC(C)(CO)n1cnc2c(Cl)nc3ccccc3c21. The highest BCUT2D eigenvalue weighted by atomic mass is 35.5. The van der Waals surface area contributed by atoms with Crippen LogP contribution in [0.2, 0.25) is 5.15 Å². The largest absolute Gasteiger partial charge is 0.394 e. The Balaban J connectivity index is 2.50. The average Bonchev–Trinajstić information content (AvgIpc) is 2.85. The summed E-state index contributed by atoms with van der Waals surface area (Å²) in [5.74, 6) is 0. The number of halogens is 1. The van der Waals surface area contributed by atoms with Crippen molar-refractivity contribution in [3.63, 3.8) is 0 Å². The zero-order valence-electron chi connectivity index (χ0n) is 10.8. The van der Waals surface area contributed by atoms with E-state index >= 15 is 0 Å². The zero-order chi connectivity index (χ0) is 13.6. The van der Waals surface area contributed by atoms with Crippen LogP contribution < -0.4 is 0 Å². The molecule has 5 heteroatoms. The predicted octanol–water partition coefficient (Wildman–Crippen LogP) is 2.97. The highest BCUT2D eigenvalue weighted by molar-refractivity contribution is 6.35. The molecule has 2 aromatic heterocycles. The number of hydrogen-bond acceptors (Lipinski definition) is 3. The first kappa shape index (κ1) is 12.4. The van der Waals surface area contributed by atoms with E-state index in [1.165, 1.54) is 0 Å². The maximum Gasteiger partial charge on any atom is 0.157 e. The van der Waals surface area contributed by atoms with Crippen LogP contribution in [0.3, 0.4) is 0 Å². The lowest BCUT2D eigenvalue weighted by molar-refractivity contribution is 0.168. The van der Waals surface area contributed by atoms with Gasteiger partial charge in [0.15, 0.2) is 5.15 Å². The van der Waals surface area contributed by atoms with Crippen LogP contribution in [0.25, 0.3) is 21.9 Å². The Kier molecular flexibility index (Phi) is 2.73. The smallest absolute Gasteiger partial charge is 0.157 e. The first-order valence-electron chi connectivity index (χ1n) is 6.07. The summed E-state index contributed by atoms with van der Waals surface area (Å²) in [6.07, 6.45) is 1.71. The monoisotopic (exact) mass is 275 g/mol. The van der Waals surface area contributed by atoms with Crippen LogP contribution >= 0.6 is 11.6 Å². The van der Waals surface area contributed by atoms with Crippen LogP contribution in [0.15, 0.2) is 30.6 Å². The molecule has 0 bridgehead atoms. The molecule has 3 rings (SSSR count).